The Bertz CT molecular complexity index is 1260. The molecule has 0 N–H and O–H groups in total. The monoisotopic (exact) mass is 502 g/mol. The van der Waals surface area contributed by atoms with Crippen LogP contribution >= 0.6 is 34.5 Å². The first-order chi connectivity index (χ1) is 14.6. The SMILES string of the molecule is CCN(c1nc(-c2ccc(F)c(Cl)c2)sc1C)S(=O)(=O)c1ccc(Cl)c(C(=O)OC)c1. The van der Waals surface area contributed by atoms with Crippen LogP contribution in [0.4, 0.5) is 10.2 Å². The predicted octanol–water partition coefficient (Wildman–Crippen LogP) is 5.57. The molecule has 11 heteroatoms. The molecule has 0 aliphatic rings. The fourth-order valence-electron chi connectivity index (χ4n) is 2.86. The molecule has 0 aliphatic heterocycles. The summed E-state index contributed by atoms with van der Waals surface area (Å²) in [5.74, 6) is -1.07. The van der Waals surface area contributed by atoms with E-state index in [1.165, 1.54) is 54.8 Å². The van der Waals surface area contributed by atoms with Crippen molar-refractivity contribution >= 4 is 56.3 Å². The average molecular weight is 503 g/mol. The summed E-state index contributed by atoms with van der Waals surface area (Å²) in [6.45, 7) is 3.50. The van der Waals surface area contributed by atoms with Gasteiger partial charge in [-0.15, -0.1) is 11.3 Å². The number of methoxy groups -OCH3 is 1. The van der Waals surface area contributed by atoms with Crippen molar-refractivity contribution in [2.45, 2.75) is 18.7 Å². The Morgan fingerprint density at radius 1 is 1.19 bits per heavy atom. The van der Waals surface area contributed by atoms with Gasteiger partial charge in [0.05, 0.1) is 27.6 Å². The summed E-state index contributed by atoms with van der Waals surface area (Å²) in [5, 5.41) is 0.520. The van der Waals surface area contributed by atoms with Crippen LogP contribution in [-0.4, -0.2) is 33.0 Å². The van der Waals surface area contributed by atoms with E-state index in [4.69, 9.17) is 23.2 Å². The van der Waals surface area contributed by atoms with Crippen LogP contribution in [0.1, 0.15) is 22.2 Å². The lowest BCUT2D eigenvalue weighted by molar-refractivity contribution is 0.0600. The number of esters is 1. The van der Waals surface area contributed by atoms with E-state index in [0.29, 0.717) is 15.4 Å². The molecule has 0 atom stereocenters. The molecule has 0 saturated carbocycles. The number of aromatic nitrogens is 1. The number of nitrogens with zero attached hydrogens (tertiary/aromatic N) is 2. The van der Waals surface area contributed by atoms with Crippen molar-refractivity contribution in [2.75, 3.05) is 18.0 Å². The maximum Gasteiger partial charge on any atom is 0.339 e. The number of sulfonamides is 1. The van der Waals surface area contributed by atoms with Crippen LogP contribution in [0.2, 0.25) is 10.0 Å². The van der Waals surface area contributed by atoms with Crippen molar-refractivity contribution in [1.82, 2.24) is 4.98 Å². The Labute approximate surface area is 193 Å². The number of halogens is 3. The zero-order valence-electron chi connectivity index (χ0n) is 16.6. The minimum absolute atomic E-state index is 0.0524. The highest BCUT2D eigenvalue weighted by Crippen LogP contribution is 2.36. The van der Waals surface area contributed by atoms with Crippen LogP contribution in [0.3, 0.4) is 0 Å². The van der Waals surface area contributed by atoms with Gasteiger partial charge in [0, 0.05) is 17.0 Å². The molecule has 1 aromatic heterocycles. The number of hydrogen-bond acceptors (Lipinski definition) is 6. The number of carbonyl (C=O) groups excluding carboxylic acids is 1. The van der Waals surface area contributed by atoms with Crippen LogP contribution in [0.15, 0.2) is 41.3 Å². The van der Waals surface area contributed by atoms with Gasteiger partial charge in [0.15, 0.2) is 5.82 Å². The van der Waals surface area contributed by atoms with E-state index >= 15 is 0 Å². The molecule has 0 saturated heterocycles. The fraction of sp³-hybridized carbons (Fsp3) is 0.200. The minimum atomic E-state index is -4.07. The normalized spacial score (nSPS) is 11.4. The van der Waals surface area contributed by atoms with Crippen molar-refractivity contribution in [1.29, 1.82) is 0 Å². The smallest absolute Gasteiger partial charge is 0.339 e. The van der Waals surface area contributed by atoms with Gasteiger partial charge in [-0.2, -0.15) is 0 Å². The molecule has 0 spiro atoms. The zero-order chi connectivity index (χ0) is 22.9. The van der Waals surface area contributed by atoms with Gasteiger partial charge in [-0.3, -0.25) is 0 Å². The third kappa shape index (κ3) is 4.55. The first kappa shape index (κ1) is 23.5. The Morgan fingerprint density at radius 3 is 2.52 bits per heavy atom. The fourth-order valence-corrected chi connectivity index (χ4v) is 5.72. The number of aryl methyl sites for hydroxylation is 1. The molecule has 31 heavy (non-hydrogen) atoms. The van der Waals surface area contributed by atoms with Crippen LogP contribution in [-0.2, 0) is 14.8 Å². The number of ether oxygens (including phenoxy) is 1. The first-order valence-electron chi connectivity index (χ1n) is 8.93. The lowest BCUT2D eigenvalue weighted by atomic mass is 10.2. The largest absolute Gasteiger partial charge is 0.465 e. The molecular formula is C20H17Cl2FN2O4S2. The number of rotatable bonds is 6. The van der Waals surface area contributed by atoms with Crippen LogP contribution < -0.4 is 4.31 Å². The zero-order valence-corrected chi connectivity index (χ0v) is 19.8. The van der Waals surface area contributed by atoms with Gasteiger partial charge in [0.1, 0.15) is 10.8 Å². The molecule has 0 unspecified atom stereocenters. The predicted molar refractivity (Wildman–Crippen MR) is 120 cm³/mol. The molecule has 0 fully saturated rings. The second-order valence-corrected chi connectivity index (χ2v) is 10.2. The molecule has 0 bridgehead atoms. The third-order valence-corrected chi connectivity index (χ3v) is 7.88. The highest BCUT2D eigenvalue weighted by molar-refractivity contribution is 7.92. The van der Waals surface area contributed by atoms with Gasteiger partial charge in [0.2, 0.25) is 0 Å². The number of thiazole rings is 1. The quantitative estimate of drug-likeness (QED) is 0.412. The van der Waals surface area contributed by atoms with E-state index < -0.39 is 21.8 Å². The van der Waals surface area contributed by atoms with Gasteiger partial charge < -0.3 is 4.74 Å². The molecule has 0 amide bonds. The van der Waals surface area contributed by atoms with Crippen LogP contribution in [0.25, 0.3) is 10.6 Å². The number of benzene rings is 2. The summed E-state index contributed by atoms with van der Waals surface area (Å²) in [4.78, 5) is 16.9. The number of anilines is 1. The van der Waals surface area contributed by atoms with Crippen molar-refractivity contribution in [3.05, 3.63) is 62.7 Å². The molecular weight excluding hydrogens is 486 g/mol. The van der Waals surface area contributed by atoms with E-state index in [0.717, 1.165) is 4.31 Å². The van der Waals surface area contributed by atoms with E-state index in [2.05, 4.69) is 9.72 Å². The maximum absolute atomic E-state index is 13.5. The lowest BCUT2D eigenvalue weighted by Gasteiger charge is -2.21. The van der Waals surface area contributed by atoms with Gasteiger partial charge in [0.25, 0.3) is 10.0 Å². The van der Waals surface area contributed by atoms with Crippen molar-refractivity contribution < 1.29 is 22.3 Å². The Morgan fingerprint density at radius 2 is 1.90 bits per heavy atom. The van der Waals surface area contributed by atoms with E-state index in [1.54, 1.807) is 13.8 Å². The molecule has 6 nitrogen and oxygen atoms in total. The van der Waals surface area contributed by atoms with E-state index in [9.17, 15) is 17.6 Å². The lowest BCUT2D eigenvalue weighted by Crippen LogP contribution is -2.31. The summed E-state index contributed by atoms with van der Waals surface area (Å²) < 4.78 is 46.0. The minimum Gasteiger partial charge on any atom is -0.465 e. The van der Waals surface area contributed by atoms with Crippen LogP contribution in [0.5, 0.6) is 0 Å². The topological polar surface area (TPSA) is 76.6 Å². The van der Waals surface area contributed by atoms with Gasteiger partial charge in [-0.05, 0) is 50.2 Å². The Kier molecular flexibility index (Phi) is 6.90. The van der Waals surface area contributed by atoms with Crippen molar-refractivity contribution in [2.24, 2.45) is 0 Å². The van der Waals surface area contributed by atoms with Crippen molar-refractivity contribution in [3.63, 3.8) is 0 Å². The highest BCUT2D eigenvalue weighted by Gasteiger charge is 2.29. The van der Waals surface area contributed by atoms with Gasteiger partial charge in [-0.1, -0.05) is 23.2 Å². The van der Waals surface area contributed by atoms with Gasteiger partial charge in [-0.25, -0.2) is 26.9 Å². The molecule has 3 aromatic rings. The maximum atomic E-state index is 13.5. The summed E-state index contributed by atoms with van der Waals surface area (Å²) >= 11 is 13.1. The third-order valence-electron chi connectivity index (χ3n) is 4.39. The Balaban J connectivity index is 2.07. The molecule has 0 radical (unpaired) electrons. The van der Waals surface area contributed by atoms with Gasteiger partial charge >= 0.3 is 5.97 Å². The summed E-state index contributed by atoms with van der Waals surface area (Å²) in [5.41, 5.74) is 0.511. The number of carbonyl (C=O) groups is 1. The molecule has 164 valence electrons. The van der Waals surface area contributed by atoms with E-state index in [1.807, 2.05) is 0 Å². The summed E-state index contributed by atoms with van der Waals surface area (Å²) in [7, 11) is -2.89. The summed E-state index contributed by atoms with van der Waals surface area (Å²) in [6, 6.07) is 8.00. The second kappa shape index (κ2) is 9.12. The Hall–Kier alpha value is -2.20. The summed E-state index contributed by atoms with van der Waals surface area (Å²) in [6.07, 6.45) is 0. The second-order valence-electron chi connectivity index (χ2n) is 6.33. The van der Waals surface area contributed by atoms with Crippen LogP contribution in [0, 0.1) is 12.7 Å². The number of hydrogen-bond donors (Lipinski definition) is 0. The highest BCUT2D eigenvalue weighted by atomic mass is 35.5. The van der Waals surface area contributed by atoms with Crippen molar-refractivity contribution in [3.8, 4) is 10.6 Å². The average Bonchev–Trinajstić information content (AvgIpc) is 3.11. The molecule has 1 heterocycles. The molecule has 2 aromatic carbocycles. The first-order valence-corrected chi connectivity index (χ1v) is 11.9. The standard InChI is InChI=1S/C20H17Cl2FN2O4S2/c1-4-25(31(27,28)13-6-7-15(21)14(10-13)20(26)29-3)18-11(2)30-19(24-18)12-5-8-17(23)16(22)9-12/h5-10H,4H2,1-3H3. The molecule has 3 rings (SSSR count). The molecule has 0 aliphatic carbocycles. The van der Waals surface area contributed by atoms with E-state index in [-0.39, 0.29) is 32.9 Å².